The Bertz CT molecular complexity index is 1120. The molecule has 0 saturated carbocycles. The number of para-hydroxylation sites is 1. The number of carbonyl (C=O) groups excluding carboxylic acids is 1. The van der Waals surface area contributed by atoms with Gasteiger partial charge in [-0.15, -0.1) is 0 Å². The Morgan fingerprint density at radius 1 is 1.10 bits per heavy atom. The second-order valence-corrected chi connectivity index (χ2v) is 9.21. The minimum Gasteiger partial charge on any atom is -0.329 e. The molecule has 0 aliphatic rings. The lowest BCUT2D eigenvalue weighted by Gasteiger charge is -2.30. The molecule has 5 nitrogen and oxygen atoms in total. The zero-order valence-corrected chi connectivity index (χ0v) is 19.5. The predicted octanol–water partition coefficient (Wildman–Crippen LogP) is 5.23. The van der Waals surface area contributed by atoms with Crippen LogP contribution in [0.15, 0.2) is 53.3 Å². The molecule has 0 N–H and O–H groups in total. The molecule has 0 aliphatic carbocycles. The average Bonchev–Trinajstić information content (AvgIpc) is 2.75. The maximum absolute atomic E-state index is 13.5. The fourth-order valence-corrected chi connectivity index (χ4v) is 3.83. The van der Waals surface area contributed by atoms with E-state index in [9.17, 15) is 9.59 Å². The molecule has 1 atom stereocenters. The molecule has 3 rings (SSSR count). The molecule has 0 fully saturated rings. The summed E-state index contributed by atoms with van der Waals surface area (Å²) in [6.45, 7) is 11.1. The third-order valence-corrected chi connectivity index (χ3v) is 5.87. The number of hydrogen-bond donors (Lipinski definition) is 0. The smallest absolute Gasteiger partial charge is 0.261 e. The molecular weight excluding hydrogens is 386 g/mol. The highest BCUT2D eigenvalue weighted by Gasteiger charge is 2.26. The van der Waals surface area contributed by atoms with E-state index in [4.69, 9.17) is 4.98 Å². The monoisotopic (exact) mass is 419 g/mol. The lowest BCUT2D eigenvalue weighted by molar-refractivity contribution is 0.0677. The van der Waals surface area contributed by atoms with Crippen molar-refractivity contribution in [3.8, 4) is 0 Å². The van der Waals surface area contributed by atoms with Gasteiger partial charge in [0.2, 0.25) is 0 Å². The summed E-state index contributed by atoms with van der Waals surface area (Å²) in [7, 11) is 1.73. The Kier molecular flexibility index (Phi) is 6.63. The van der Waals surface area contributed by atoms with Crippen LogP contribution in [-0.4, -0.2) is 26.9 Å². The van der Waals surface area contributed by atoms with Gasteiger partial charge < -0.3 is 4.90 Å². The second-order valence-electron chi connectivity index (χ2n) is 9.21. The predicted molar refractivity (Wildman–Crippen MR) is 126 cm³/mol. The quantitative estimate of drug-likeness (QED) is 0.549. The topological polar surface area (TPSA) is 55.2 Å². The standard InChI is InChI=1S/C26H33N3O2/c1-7-8-17-29(24(30)19-13-15-20(16-14-19)26(3,4)5)18(2)23-27-22-12-10-9-11-21(22)25(31)28(23)6/h9-16,18H,7-8,17H2,1-6H3. The first kappa shape index (κ1) is 22.7. The van der Waals surface area contributed by atoms with Gasteiger partial charge in [0.25, 0.3) is 11.5 Å². The summed E-state index contributed by atoms with van der Waals surface area (Å²) >= 11 is 0. The van der Waals surface area contributed by atoms with E-state index in [0.29, 0.717) is 28.8 Å². The van der Waals surface area contributed by atoms with Crippen molar-refractivity contribution < 1.29 is 4.79 Å². The molecule has 1 heterocycles. The SMILES string of the molecule is CCCCN(C(=O)c1ccc(C(C)(C)C)cc1)C(C)c1nc2ccccc2c(=O)n1C. The average molecular weight is 420 g/mol. The summed E-state index contributed by atoms with van der Waals surface area (Å²) in [6, 6.07) is 14.9. The minimum absolute atomic E-state index is 0.0318. The second kappa shape index (κ2) is 9.04. The van der Waals surface area contributed by atoms with Crippen molar-refractivity contribution in [2.45, 2.75) is 58.9 Å². The van der Waals surface area contributed by atoms with E-state index < -0.39 is 0 Å². The van der Waals surface area contributed by atoms with Crippen molar-refractivity contribution in [3.05, 3.63) is 75.8 Å². The highest BCUT2D eigenvalue weighted by Crippen LogP contribution is 2.25. The summed E-state index contributed by atoms with van der Waals surface area (Å²) in [6.07, 6.45) is 1.86. The van der Waals surface area contributed by atoms with Crippen molar-refractivity contribution in [1.82, 2.24) is 14.5 Å². The molecule has 1 aromatic heterocycles. The maximum atomic E-state index is 13.5. The van der Waals surface area contributed by atoms with Gasteiger partial charge in [0.1, 0.15) is 5.82 Å². The maximum Gasteiger partial charge on any atom is 0.261 e. The summed E-state index contributed by atoms with van der Waals surface area (Å²) in [5.41, 5.74) is 2.44. The lowest BCUT2D eigenvalue weighted by Crippen LogP contribution is -2.38. The number of hydrogen-bond acceptors (Lipinski definition) is 3. The van der Waals surface area contributed by atoms with Crippen LogP contribution < -0.4 is 5.56 Å². The van der Waals surface area contributed by atoms with E-state index in [-0.39, 0.29) is 22.9 Å². The number of rotatable bonds is 6. The van der Waals surface area contributed by atoms with Gasteiger partial charge in [0.15, 0.2) is 0 Å². The van der Waals surface area contributed by atoms with Gasteiger partial charge in [-0.05, 0) is 48.6 Å². The third kappa shape index (κ3) is 4.71. The molecule has 0 aliphatic heterocycles. The van der Waals surface area contributed by atoms with Crippen molar-refractivity contribution in [1.29, 1.82) is 0 Å². The van der Waals surface area contributed by atoms with Crippen LogP contribution in [0.25, 0.3) is 10.9 Å². The molecule has 5 heteroatoms. The van der Waals surface area contributed by atoms with Crippen LogP contribution in [0.4, 0.5) is 0 Å². The van der Waals surface area contributed by atoms with E-state index in [0.717, 1.165) is 12.8 Å². The molecule has 0 saturated heterocycles. The van der Waals surface area contributed by atoms with E-state index in [1.807, 2.05) is 54.3 Å². The van der Waals surface area contributed by atoms with Gasteiger partial charge in [-0.1, -0.05) is 58.4 Å². The van der Waals surface area contributed by atoms with Crippen LogP contribution in [0.1, 0.15) is 75.2 Å². The van der Waals surface area contributed by atoms with E-state index in [2.05, 4.69) is 27.7 Å². The zero-order chi connectivity index (χ0) is 22.8. The number of nitrogens with zero attached hydrogens (tertiary/aromatic N) is 3. The first-order valence-corrected chi connectivity index (χ1v) is 11.0. The number of amides is 1. The lowest BCUT2D eigenvalue weighted by atomic mass is 9.86. The van der Waals surface area contributed by atoms with Crippen LogP contribution >= 0.6 is 0 Å². The fraction of sp³-hybridized carbons (Fsp3) is 0.423. The van der Waals surface area contributed by atoms with Crippen LogP contribution in [0.2, 0.25) is 0 Å². The normalized spacial score (nSPS) is 12.7. The molecule has 164 valence electrons. The third-order valence-electron chi connectivity index (χ3n) is 5.87. The Morgan fingerprint density at radius 3 is 2.35 bits per heavy atom. The molecule has 0 spiro atoms. The highest BCUT2D eigenvalue weighted by molar-refractivity contribution is 5.94. The van der Waals surface area contributed by atoms with Crippen molar-refractivity contribution in [2.24, 2.45) is 7.05 Å². The Labute approximate surface area is 184 Å². The summed E-state index contributed by atoms with van der Waals surface area (Å²) in [4.78, 5) is 33.0. The van der Waals surface area contributed by atoms with E-state index in [1.165, 1.54) is 5.56 Å². The Morgan fingerprint density at radius 2 is 1.74 bits per heavy atom. The first-order chi connectivity index (χ1) is 14.6. The van der Waals surface area contributed by atoms with Gasteiger partial charge >= 0.3 is 0 Å². The number of carbonyl (C=O) groups is 1. The molecule has 1 amide bonds. The van der Waals surface area contributed by atoms with Gasteiger partial charge in [-0.2, -0.15) is 0 Å². The van der Waals surface area contributed by atoms with Gasteiger partial charge in [0.05, 0.1) is 16.9 Å². The van der Waals surface area contributed by atoms with Crippen molar-refractivity contribution >= 4 is 16.8 Å². The number of aromatic nitrogens is 2. The molecular formula is C26H33N3O2. The number of unbranched alkanes of at least 4 members (excludes halogenated alkanes) is 1. The Balaban J connectivity index is 2.00. The summed E-state index contributed by atoms with van der Waals surface area (Å²) in [5, 5.41) is 0.588. The molecule has 2 aromatic carbocycles. The molecule has 1 unspecified atom stereocenters. The van der Waals surface area contributed by atoms with Crippen LogP contribution in [0, 0.1) is 0 Å². The molecule has 31 heavy (non-hydrogen) atoms. The van der Waals surface area contributed by atoms with Crippen molar-refractivity contribution in [3.63, 3.8) is 0 Å². The van der Waals surface area contributed by atoms with Crippen LogP contribution in [-0.2, 0) is 12.5 Å². The molecule has 0 radical (unpaired) electrons. The first-order valence-electron chi connectivity index (χ1n) is 11.0. The van der Waals surface area contributed by atoms with E-state index in [1.54, 1.807) is 17.7 Å². The van der Waals surface area contributed by atoms with Gasteiger partial charge in [-0.25, -0.2) is 4.98 Å². The highest BCUT2D eigenvalue weighted by atomic mass is 16.2. The summed E-state index contributed by atoms with van der Waals surface area (Å²) in [5.74, 6) is 0.559. The number of fused-ring (bicyclic) bond motifs is 1. The molecule has 3 aromatic rings. The Hall–Kier alpha value is -2.95. The van der Waals surface area contributed by atoms with Gasteiger partial charge in [-0.3, -0.25) is 14.2 Å². The van der Waals surface area contributed by atoms with Crippen LogP contribution in [0.5, 0.6) is 0 Å². The molecule has 0 bridgehead atoms. The summed E-state index contributed by atoms with van der Waals surface area (Å²) < 4.78 is 1.57. The van der Waals surface area contributed by atoms with Gasteiger partial charge in [0, 0.05) is 19.2 Å². The van der Waals surface area contributed by atoms with Crippen LogP contribution in [0.3, 0.4) is 0 Å². The van der Waals surface area contributed by atoms with Crippen molar-refractivity contribution in [2.75, 3.05) is 6.54 Å². The number of benzene rings is 2. The largest absolute Gasteiger partial charge is 0.329 e. The fourth-order valence-electron chi connectivity index (χ4n) is 3.83. The zero-order valence-electron chi connectivity index (χ0n) is 19.5. The minimum atomic E-state index is -0.330. The van der Waals surface area contributed by atoms with E-state index >= 15 is 0 Å².